The van der Waals surface area contributed by atoms with Crippen LogP contribution in [0.25, 0.3) is 0 Å². The number of phosphoric acid groups is 2. The molecule has 0 amide bonds. The summed E-state index contributed by atoms with van der Waals surface area (Å²) in [4.78, 5) is 72.6. The van der Waals surface area contributed by atoms with Gasteiger partial charge in [-0.2, -0.15) is 0 Å². The molecular formula is C74H144O17P2. The Labute approximate surface area is 568 Å². The summed E-state index contributed by atoms with van der Waals surface area (Å²) in [6.07, 6.45) is 55.7. The first-order valence-electron chi connectivity index (χ1n) is 38.7. The average Bonchev–Trinajstić information content (AvgIpc) is 1.73. The van der Waals surface area contributed by atoms with Crippen molar-refractivity contribution in [2.45, 2.75) is 406 Å². The molecule has 0 aromatic carbocycles. The lowest BCUT2D eigenvalue weighted by atomic mass is 10.00. The predicted molar refractivity (Wildman–Crippen MR) is 377 cm³/mol. The highest BCUT2D eigenvalue weighted by molar-refractivity contribution is 7.47. The third-order valence-corrected chi connectivity index (χ3v) is 19.5. The molecule has 93 heavy (non-hydrogen) atoms. The average molecular weight is 1370 g/mol. The van der Waals surface area contributed by atoms with Gasteiger partial charge in [0.15, 0.2) is 12.2 Å². The van der Waals surface area contributed by atoms with E-state index in [9.17, 15) is 43.2 Å². The van der Waals surface area contributed by atoms with Crippen LogP contribution in [0.4, 0.5) is 0 Å². The van der Waals surface area contributed by atoms with Crippen molar-refractivity contribution in [3.05, 3.63) is 0 Å². The van der Waals surface area contributed by atoms with Gasteiger partial charge in [-0.15, -0.1) is 0 Å². The molecule has 0 aliphatic heterocycles. The number of hydrogen-bond donors (Lipinski definition) is 3. The molecule has 0 saturated carbocycles. The topological polar surface area (TPSA) is 237 Å². The molecule has 17 nitrogen and oxygen atoms in total. The number of unbranched alkanes of at least 4 members (excludes halogenated alkanes) is 45. The van der Waals surface area contributed by atoms with E-state index in [0.29, 0.717) is 25.7 Å². The van der Waals surface area contributed by atoms with Gasteiger partial charge in [0.25, 0.3) is 0 Å². The summed E-state index contributed by atoms with van der Waals surface area (Å²) in [5.74, 6) is -1.40. The van der Waals surface area contributed by atoms with Crippen LogP contribution in [-0.2, 0) is 65.4 Å². The van der Waals surface area contributed by atoms with Gasteiger partial charge in [-0.25, -0.2) is 9.13 Å². The Morgan fingerprint density at radius 3 is 0.763 bits per heavy atom. The van der Waals surface area contributed by atoms with Crippen molar-refractivity contribution in [3.8, 4) is 0 Å². The summed E-state index contributed by atoms with van der Waals surface area (Å²) in [6, 6.07) is 0. The Morgan fingerprint density at radius 2 is 0.516 bits per heavy atom. The number of ether oxygens (including phenoxy) is 4. The molecule has 0 saturated heterocycles. The number of esters is 4. The minimum absolute atomic E-state index is 0.103. The van der Waals surface area contributed by atoms with Crippen LogP contribution in [0.15, 0.2) is 0 Å². The van der Waals surface area contributed by atoms with Crippen molar-refractivity contribution in [2.24, 2.45) is 5.92 Å². The molecule has 0 aromatic rings. The predicted octanol–water partition coefficient (Wildman–Crippen LogP) is 21.7. The van der Waals surface area contributed by atoms with Crippen LogP contribution in [0.1, 0.15) is 388 Å². The normalized spacial score (nSPS) is 14.3. The first kappa shape index (κ1) is 91.1. The first-order chi connectivity index (χ1) is 45.1. The van der Waals surface area contributed by atoms with E-state index < -0.39 is 97.5 Å². The van der Waals surface area contributed by atoms with Gasteiger partial charge in [0.05, 0.1) is 26.4 Å². The number of aliphatic hydroxyl groups is 1. The number of carbonyl (C=O) groups excluding carboxylic acids is 4. The zero-order valence-corrected chi connectivity index (χ0v) is 62.2. The maximum atomic E-state index is 13.0. The molecule has 3 unspecified atom stereocenters. The molecule has 0 spiro atoms. The minimum Gasteiger partial charge on any atom is -0.462 e. The van der Waals surface area contributed by atoms with Crippen molar-refractivity contribution < 1.29 is 80.2 Å². The van der Waals surface area contributed by atoms with Gasteiger partial charge in [-0.05, 0) is 31.6 Å². The lowest BCUT2D eigenvalue weighted by molar-refractivity contribution is -0.161. The number of aliphatic hydroxyl groups excluding tert-OH is 1. The third-order valence-electron chi connectivity index (χ3n) is 17.6. The molecule has 6 atom stereocenters. The summed E-state index contributed by atoms with van der Waals surface area (Å²) < 4.78 is 68.3. The molecular weight excluding hydrogens is 1220 g/mol. The van der Waals surface area contributed by atoms with Gasteiger partial charge in [0.2, 0.25) is 0 Å². The smallest absolute Gasteiger partial charge is 0.462 e. The standard InChI is InChI=1S/C74H144O17P2/c1-6-10-13-16-19-22-25-26-27-28-29-30-31-32-33-34-35-37-40-43-49-54-59-73(78)90-69(63-84-72(77)58-53-48-42-39-36-23-20-17-14-11-7-2)65-88-92(80,81)86-61-68(75)62-87-93(82,83)89-66-70(91-74(79)60-55-50-45-44-46-51-56-67(5)9-4)64-85-71(76)57-52-47-41-38-24-21-18-15-12-8-3/h67-70,75H,6-66H2,1-5H3,(H,80,81)(H,82,83)/t67?,68-,69-,70-/m1/s1. The van der Waals surface area contributed by atoms with Gasteiger partial charge in [0, 0.05) is 25.7 Å². The summed E-state index contributed by atoms with van der Waals surface area (Å²) in [7, 11) is -9.90. The van der Waals surface area contributed by atoms with Crippen LogP contribution >= 0.6 is 15.6 Å². The molecule has 19 heteroatoms. The van der Waals surface area contributed by atoms with E-state index in [0.717, 1.165) is 95.8 Å². The van der Waals surface area contributed by atoms with Gasteiger partial charge < -0.3 is 33.8 Å². The highest BCUT2D eigenvalue weighted by Gasteiger charge is 2.30. The van der Waals surface area contributed by atoms with E-state index in [-0.39, 0.29) is 25.7 Å². The Balaban J connectivity index is 5.14. The Morgan fingerprint density at radius 1 is 0.301 bits per heavy atom. The largest absolute Gasteiger partial charge is 0.472 e. The fourth-order valence-electron chi connectivity index (χ4n) is 11.3. The molecule has 3 N–H and O–H groups in total. The van der Waals surface area contributed by atoms with Crippen molar-refractivity contribution in [3.63, 3.8) is 0 Å². The molecule has 552 valence electrons. The maximum Gasteiger partial charge on any atom is 0.472 e. The maximum absolute atomic E-state index is 13.0. The van der Waals surface area contributed by atoms with Crippen molar-refractivity contribution in [1.29, 1.82) is 0 Å². The van der Waals surface area contributed by atoms with E-state index in [1.807, 2.05) is 0 Å². The Hall–Kier alpha value is -1.94. The first-order valence-corrected chi connectivity index (χ1v) is 41.7. The molecule has 0 rings (SSSR count). The van der Waals surface area contributed by atoms with Gasteiger partial charge >= 0.3 is 39.5 Å². The fourth-order valence-corrected chi connectivity index (χ4v) is 12.9. The summed E-state index contributed by atoms with van der Waals surface area (Å²) in [5.41, 5.74) is 0. The second-order valence-electron chi connectivity index (χ2n) is 26.9. The van der Waals surface area contributed by atoms with Gasteiger partial charge in [0.1, 0.15) is 19.3 Å². The van der Waals surface area contributed by atoms with Crippen LogP contribution in [0.2, 0.25) is 0 Å². The third kappa shape index (κ3) is 67.0. The number of carbonyl (C=O) groups is 4. The molecule has 0 aliphatic rings. The summed E-state index contributed by atoms with van der Waals surface area (Å²) >= 11 is 0. The quantitative estimate of drug-likeness (QED) is 0.0222. The Kier molecular flexibility index (Phi) is 65.9. The highest BCUT2D eigenvalue weighted by atomic mass is 31.2. The molecule has 0 bridgehead atoms. The lowest BCUT2D eigenvalue weighted by Gasteiger charge is -2.21. The van der Waals surface area contributed by atoms with E-state index in [2.05, 4.69) is 34.6 Å². The van der Waals surface area contributed by atoms with Crippen molar-refractivity contribution in [1.82, 2.24) is 0 Å². The van der Waals surface area contributed by atoms with E-state index in [1.165, 1.54) is 212 Å². The number of hydrogen-bond acceptors (Lipinski definition) is 15. The van der Waals surface area contributed by atoms with Crippen LogP contribution in [0.5, 0.6) is 0 Å². The van der Waals surface area contributed by atoms with Crippen LogP contribution < -0.4 is 0 Å². The molecule has 0 aromatic heterocycles. The van der Waals surface area contributed by atoms with E-state index in [1.54, 1.807) is 0 Å². The van der Waals surface area contributed by atoms with Gasteiger partial charge in [-0.3, -0.25) is 37.3 Å². The number of phosphoric ester groups is 2. The molecule has 0 heterocycles. The van der Waals surface area contributed by atoms with Gasteiger partial charge in [-0.1, -0.05) is 336 Å². The zero-order valence-electron chi connectivity index (χ0n) is 60.4. The van der Waals surface area contributed by atoms with Crippen LogP contribution in [0.3, 0.4) is 0 Å². The van der Waals surface area contributed by atoms with E-state index >= 15 is 0 Å². The monoisotopic (exact) mass is 1370 g/mol. The van der Waals surface area contributed by atoms with Crippen molar-refractivity contribution in [2.75, 3.05) is 39.6 Å². The number of rotatable bonds is 74. The minimum atomic E-state index is -4.95. The Bertz CT molecular complexity index is 1790. The molecule has 0 fully saturated rings. The fraction of sp³-hybridized carbons (Fsp3) is 0.946. The van der Waals surface area contributed by atoms with Crippen molar-refractivity contribution >= 4 is 39.5 Å². The zero-order chi connectivity index (χ0) is 68.4. The van der Waals surface area contributed by atoms with E-state index in [4.69, 9.17) is 37.0 Å². The summed E-state index contributed by atoms with van der Waals surface area (Å²) in [5, 5.41) is 10.6. The van der Waals surface area contributed by atoms with Crippen LogP contribution in [0, 0.1) is 5.92 Å². The second-order valence-corrected chi connectivity index (χ2v) is 29.8. The van der Waals surface area contributed by atoms with Crippen LogP contribution in [-0.4, -0.2) is 96.7 Å². The molecule has 0 aliphatic carbocycles. The SMILES string of the molecule is CCCCCCCCCCCCCCCCCCCCCCCCC(=O)O[C@H](COC(=O)CCCCCCCCCCCCC)COP(=O)(O)OC[C@@H](O)COP(=O)(O)OC[C@@H](COC(=O)CCCCCCCCCCCC)OC(=O)CCCCCCCCC(C)CC. The summed E-state index contributed by atoms with van der Waals surface area (Å²) in [6.45, 7) is 7.21. The highest BCUT2D eigenvalue weighted by Crippen LogP contribution is 2.45. The second kappa shape index (κ2) is 67.3. The molecule has 0 radical (unpaired) electrons. The lowest BCUT2D eigenvalue weighted by Crippen LogP contribution is -2.30.